The summed E-state index contributed by atoms with van der Waals surface area (Å²) in [6.45, 7) is 8.18. The number of hydrogen-bond acceptors (Lipinski definition) is 2. The van der Waals surface area contributed by atoms with E-state index in [4.69, 9.17) is 0 Å². The van der Waals surface area contributed by atoms with Crippen molar-refractivity contribution in [3.8, 4) is 0 Å². The van der Waals surface area contributed by atoms with Gasteiger partial charge in [-0.2, -0.15) is 0 Å². The van der Waals surface area contributed by atoms with E-state index in [1.165, 1.54) is 31.6 Å². The normalized spacial score (nSPS) is 27.8. The van der Waals surface area contributed by atoms with E-state index in [1.807, 2.05) is 0 Å². The predicted octanol–water partition coefficient (Wildman–Crippen LogP) is 1.59. The molecule has 1 N–H and O–H groups in total. The molecule has 0 aliphatic carbocycles. The molecule has 0 aromatic heterocycles. The minimum atomic E-state index is 0.718. The Morgan fingerprint density at radius 1 is 1.62 bits per heavy atom. The van der Waals surface area contributed by atoms with Crippen molar-refractivity contribution in [2.75, 3.05) is 19.6 Å². The topological polar surface area (TPSA) is 15.3 Å². The molecule has 13 heavy (non-hydrogen) atoms. The van der Waals surface area contributed by atoms with Gasteiger partial charge < -0.3 is 10.2 Å². The van der Waals surface area contributed by atoms with Gasteiger partial charge in [-0.05, 0) is 18.8 Å². The number of hydrogen-bond donors (Lipinski definition) is 1. The molecule has 2 heterocycles. The van der Waals surface area contributed by atoms with E-state index in [0.29, 0.717) is 0 Å². The van der Waals surface area contributed by atoms with Gasteiger partial charge in [0.15, 0.2) is 0 Å². The summed E-state index contributed by atoms with van der Waals surface area (Å²) in [6.07, 6.45) is 4.94. The zero-order chi connectivity index (χ0) is 9.26. The molecule has 1 atom stereocenters. The summed E-state index contributed by atoms with van der Waals surface area (Å²) in [5.74, 6) is 0.811. The second-order valence-electron chi connectivity index (χ2n) is 4.64. The van der Waals surface area contributed by atoms with Crippen molar-refractivity contribution in [1.29, 1.82) is 0 Å². The van der Waals surface area contributed by atoms with E-state index in [-0.39, 0.29) is 0 Å². The van der Waals surface area contributed by atoms with E-state index < -0.39 is 0 Å². The number of fused-ring (bicyclic) bond motifs is 1. The Morgan fingerprint density at radius 3 is 3.23 bits per heavy atom. The molecule has 74 valence electrons. The molecule has 0 aromatic rings. The van der Waals surface area contributed by atoms with Crippen LogP contribution in [-0.2, 0) is 0 Å². The lowest BCUT2D eigenvalue weighted by molar-refractivity contribution is 0.251. The third-order valence-electron chi connectivity index (χ3n) is 2.95. The van der Waals surface area contributed by atoms with Crippen LogP contribution in [0.4, 0.5) is 0 Å². The Morgan fingerprint density at radius 2 is 2.46 bits per heavy atom. The highest BCUT2D eigenvalue weighted by Crippen LogP contribution is 2.20. The smallest absolute Gasteiger partial charge is 0.0355 e. The Bertz CT molecular complexity index is 208. The Kier molecular flexibility index (Phi) is 2.58. The fourth-order valence-corrected chi connectivity index (χ4v) is 2.36. The highest BCUT2D eigenvalue weighted by molar-refractivity contribution is 5.12. The lowest BCUT2D eigenvalue weighted by Crippen LogP contribution is -2.48. The molecule has 0 bridgehead atoms. The molecule has 2 rings (SSSR count). The highest BCUT2D eigenvalue weighted by atomic mass is 15.2. The van der Waals surface area contributed by atoms with Gasteiger partial charge in [0, 0.05) is 31.4 Å². The standard InChI is InChI=1S/C11H20N2/c1-9(2)6-10-8-13-5-3-4-11(13)7-12-10/h4,9-10,12H,3,5-8H2,1-2H3. The number of rotatable bonds is 2. The minimum absolute atomic E-state index is 0.718. The van der Waals surface area contributed by atoms with Crippen molar-refractivity contribution in [3.63, 3.8) is 0 Å². The molecular formula is C11H20N2. The molecule has 2 aliphatic heterocycles. The third-order valence-corrected chi connectivity index (χ3v) is 2.95. The van der Waals surface area contributed by atoms with Crippen LogP contribution < -0.4 is 5.32 Å². The molecule has 0 amide bonds. The largest absolute Gasteiger partial charge is 0.372 e. The Hall–Kier alpha value is -0.500. The molecule has 2 heteroatoms. The van der Waals surface area contributed by atoms with Gasteiger partial charge in [-0.3, -0.25) is 0 Å². The summed E-state index contributed by atoms with van der Waals surface area (Å²) in [4.78, 5) is 2.55. The third kappa shape index (κ3) is 2.05. The van der Waals surface area contributed by atoms with Crippen LogP contribution in [-0.4, -0.2) is 30.6 Å². The number of nitrogens with one attached hydrogen (secondary N) is 1. The van der Waals surface area contributed by atoms with Crippen molar-refractivity contribution in [2.24, 2.45) is 5.92 Å². The summed E-state index contributed by atoms with van der Waals surface area (Å²) in [7, 11) is 0. The van der Waals surface area contributed by atoms with Crippen LogP contribution in [0.15, 0.2) is 11.8 Å². The molecule has 1 saturated heterocycles. The van der Waals surface area contributed by atoms with E-state index in [2.05, 4.69) is 30.1 Å². The van der Waals surface area contributed by atoms with Gasteiger partial charge in [0.25, 0.3) is 0 Å². The van der Waals surface area contributed by atoms with Crippen LogP contribution in [0.1, 0.15) is 26.7 Å². The minimum Gasteiger partial charge on any atom is -0.372 e. The highest BCUT2D eigenvalue weighted by Gasteiger charge is 2.24. The lowest BCUT2D eigenvalue weighted by Gasteiger charge is -2.35. The van der Waals surface area contributed by atoms with Gasteiger partial charge in [0.2, 0.25) is 0 Å². The van der Waals surface area contributed by atoms with Gasteiger partial charge in [0.05, 0.1) is 0 Å². The van der Waals surface area contributed by atoms with Crippen molar-refractivity contribution in [3.05, 3.63) is 11.8 Å². The van der Waals surface area contributed by atoms with Crippen LogP contribution in [0.25, 0.3) is 0 Å². The average Bonchev–Trinajstić information content (AvgIpc) is 2.49. The van der Waals surface area contributed by atoms with Crippen molar-refractivity contribution >= 4 is 0 Å². The predicted molar refractivity (Wildman–Crippen MR) is 55.5 cm³/mol. The van der Waals surface area contributed by atoms with E-state index in [1.54, 1.807) is 0 Å². The first-order valence-electron chi connectivity index (χ1n) is 5.43. The SMILES string of the molecule is CC(C)CC1CN2CCC=C2CN1. The summed E-state index contributed by atoms with van der Waals surface area (Å²) < 4.78 is 0. The second-order valence-corrected chi connectivity index (χ2v) is 4.64. The Balaban J connectivity index is 1.87. The van der Waals surface area contributed by atoms with Gasteiger partial charge in [-0.25, -0.2) is 0 Å². The summed E-state index contributed by atoms with van der Waals surface area (Å²) in [6, 6.07) is 0.718. The first-order chi connectivity index (χ1) is 6.25. The van der Waals surface area contributed by atoms with Crippen molar-refractivity contribution in [1.82, 2.24) is 10.2 Å². The maximum atomic E-state index is 3.61. The van der Waals surface area contributed by atoms with Gasteiger partial charge in [-0.15, -0.1) is 0 Å². The maximum absolute atomic E-state index is 3.61. The zero-order valence-corrected chi connectivity index (χ0v) is 8.71. The number of nitrogens with zero attached hydrogens (tertiary/aromatic N) is 1. The van der Waals surface area contributed by atoms with Crippen molar-refractivity contribution < 1.29 is 0 Å². The molecule has 0 saturated carbocycles. The molecule has 0 spiro atoms. The van der Waals surface area contributed by atoms with E-state index >= 15 is 0 Å². The molecular weight excluding hydrogens is 160 g/mol. The van der Waals surface area contributed by atoms with Gasteiger partial charge >= 0.3 is 0 Å². The average molecular weight is 180 g/mol. The molecule has 2 aliphatic rings. The van der Waals surface area contributed by atoms with Crippen LogP contribution in [0.5, 0.6) is 0 Å². The van der Waals surface area contributed by atoms with Crippen LogP contribution in [0.2, 0.25) is 0 Å². The maximum Gasteiger partial charge on any atom is 0.0355 e. The summed E-state index contributed by atoms with van der Waals surface area (Å²) in [5, 5.41) is 3.61. The van der Waals surface area contributed by atoms with Crippen molar-refractivity contribution in [2.45, 2.75) is 32.7 Å². The van der Waals surface area contributed by atoms with E-state index in [0.717, 1.165) is 18.5 Å². The molecule has 1 fully saturated rings. The summed E-state index contributed by atoms with van der Waals surface area (Å²) in [5.41, 5.74) is 1.53. The molecule has 0 aromatic carbocycles. The van der Waals surface area contributed by atoms with E-state index in [9.17, 15) is 0 Å². The van der Waals surface area contributed by atoms with Gasteiger partial charge in [0.1, 0.15) is 0 Å². The second kappa shape index (κ2) is 3.70. The van der Waals surface area contributed by atoms with Crippen LogP contribution in [0, 0.1) is 5.92 Å². The monoisotopic (exact) mass is 180 g/mol. The molecule has 1 unspecified atom stereocenters. The zero-order valence-electron chi connectivity index (χ0n) is 8.71. The first-order valence-corrected chi connectivity index (χ1v) is 5.43. The van der Waals surface area contributed by atoms with Crippen LogP contribution in [0.3, 0.4) is 0 Å². The molecule has 0 radical (unpaired) electrons. The Labute approximate surface area is 81.0 Å². The van der Waals surface area contributed by atoms with Gasteiger partial charge in [-0.1, -0.05) is 19.9 Å². The first kappa shape index (κ1) is 9.07. The quantitative estimate of drug-likeness (QED) is 0.694. The lowest BCUT2D eigenvalue weighted by atomic mass is 10.0. The number of piperazine rings is 1. The summed E-state index contributed by atoms with van der Waals surface area (Å²) >= 11 is 0. The van der Waals surface area contributed by atoms with Crippen LogP contribution >= 0.6 is 0 Å². The fraction of sp³-hybridized carbons (Fsp3) is 0.818. The fourth-order valence-electron chi connectivity index (χ4n) is 2.36. The molecule has 2 nitrogen and oxygen atoms in total.